The number of nitrogens with zero attached hydrogens (tertiary/aromatic N) is 2. The van der Waals surface area contributed by atoms with Gasteiger partial charge in [-0.25, -0.2) is 0 Å². The van der Waals surface area contributed by atoms with Crippen molar-refractivity contribution in [1.29, 1.82) is 0 Å². The molecular weight excluding hydrogens is 276 g/mol. The molecule has 0 aromatic rings. The third kappa shape index (κ3) is 90.7. The molecule has 0 aliphatic heterocycles. The van der Waals surface area contributed by atoms with Gasteiger partial charge in [0.05, 0.1) is 0 Å². The SMILES string of the molecule is CN(C)C.CN(C)C.O=S(=O)(O)OS(=O)(=O)O. The first-order chi connectivity index (χ1) is 7.17. The predicted octanol–water partition coefficient (Wildman–Crippen LogP) is -1.04. The maximum atomic E-state index is 9.44. The topological polar surface area (TPSA) is 124 Å². The Hall–Kier alpha value is -0.300. The van der Waals surface area contributed by atoms with Crippen molar-refractivity contribution in [3.63, 3.8) is 0 Å². The van der Waals surface area contributed by atoms with Crippen molar-refractivity contribution < 1.29 is 29.6 Å². The van der Waals surface area contributed by atoms with E-state index in [0.29, 0.717) is 0 Å². The van der Waals surface area contributed by atoms with Crippen LogP contribution in [0.25, 0.3) is 0 Å². The fraction of sp³-hybridized carbons (Fsp3) is 1.00. The molecule has 17 heavy (non-hydrogen) atoms. The van der Waals surface area contributed by atoms with Gasteiger partial charge in [0.15, 0.2) is 0 Å². The molecule has 0 spiro atoms. The molecule has 0 aliphatic rings. The molecule has 0 heterocycles. The monoisotopic (exact) mass is 296 g/mol. The highest BCUT2D eigenvalue weighted by atomic mass is 32.3. The van der Waals surface area contributed by atoms with Gasteiger partial charge in [0.2, 0.25) is 0 Å². The number of hydrogen-bond donors (Lipinski definition) is 2. The quantitative estimate of drug-likeness (QED) is 0.615. The van der Waals surface area contributed by atoms with Gasteiger partial charge in [0.25, 0.3) is 0 Å². The number of rotatable bonds is 2. The zero-order valence-electron chi connectivity index (χ0n) is 10.6. The standard InChI is InChI=1S/2C3H9N.H2O7S2/c2*1-4(2)3;1-8(2,3)7-9(4,5)6/h2*1-3H3;(H,1,2,3)(H,4,5,6). The normalized spacial score (nSPS) is 11.4. The van der Waals surface area contributed by atoms with E-state index >= 15 is 0 Å². The molecule has 0 unspecified atom stereocenters. The molecule has 0 rings (SSSR count). The predicted molar refractivity (Wildman–Crippen MR) is 63.4 cm³/mol. The van der Waals surface area contributed by atoms with Crippen LogP contribution in [0.5, 0.6) is 0 Å². The molecule has 0 saturated heterocycles. The number of hydrogen-bond acceptors (Lipinski definition) is 7. The van der Waals surface area contributed by atoms with Gasteiger partial charge < -0.3 is 9.80 Å². The highest BCUT2D eigenvalue weighted by Gasteiger charge is 2.15. The zero-order valence-corrected chi connectivity index (χ0v) is 12.3. The minimum absolute atomic E-state index is 2.00. The van der Waals surface area contributed by atoms with Crippen molar-refractivity contribution in [3.8, 4) is 0 Å². The molecular formula is C6H20N2O7S2. The molecule has 0 bridgehead atoms. The Kier molecular flexibility index (Phi) is 12.5. The van der Waals surface area contributed by atoms with Crippen LogP contribution in [0, 0.1) is 0 Å². The summed E-state index contributed by atoms with van der Waals surface area (Å²) in [6.07, 6.45) is 0. The van der Waals surface area contributed by atoms with Crippen molar-refractivity contribution in [2.75, 3.05) is 42.3 Å². The lowest BCUT2D eigenvalue weighted by molar-refractivity contribution is 0.344. The van der Waals surface area contributed by atoms with Crippen LogP contribution in [0.3, 0.4) is 0 Å². The van der Waals surface area contributed by atoms with E-state index in [-0.39, 0.29) is 0 Å². The smallest absolute Gasteiger partial charge is 0.312 e. The lowest BCUT2D eigenvalue weighted by atomic mass is 11.0. The Labute approximate surface area is 103 Å². The highest BCUT2D eigenvalue weighted by molar-refractivity contribution is 7.94. The van der Waals surface area contributed by atoms with Gasteiger partial charge in [-0.05, 0) is 42.3 Å². The van der Waals surface area contributed by atoms with Gasteiger partial charge in [-0.2, -0.15) is 16.8 Å². The molecule has 11 heteroatoms. The molecule has 0 saturated carbocycles. The van der Waals surface area contributed by atoms with E-state index in [0.717, 1.165) is 0 Å². The van der Waals surface area contributed by atoms with E-state index < -0.39 is 20.8 Å². The lowest BCUT2D eigenvalue weighted by Crippen LogP contribution is -2.10. The Balaban J connectivity index is -0.000000205. The van der Waals surface area contributed by atoms with Crippen LogP contribution < -0.4 is 0 Å². The van der Waals surface area contributed by atoms with Gasteiger partial charge in [-0.1, -0.05) is 0 Å². The van der Waals surface area contributed by atoms with Gasteiger partial charge in [0, 0.05) is 0 Å². The van der Waals surface area contributed by atoms with E-state index in [1.807, 2.05) is 52.1 Å². The van der Waals surface area contributed by atoms with Crippen molar-refractivity contribution >= 4 is 20.8 Å². The third-order valence-corrected chi connectivity index (χ3v) is 1.55. The summed E-state index contributed by atoms with van der Waals surface area (Å²) < 4.78 is 55.6. The van der Waals surface area contributed by atoms with Crippen LogP contribution in [-0.2, 0) is 24.4 Å². The molecule has 0 amide bonds. The van der Waals surface area contributed by atoms with Crippen LogP contribution >= 0.6 is 0 Å². The van der Waals surface area contributed by atoms with Crippen LogP contribution in [0.2, 0.25) is 0 Å². The molecule has 0 fully saturated rings. The Morgan fingerprint density at radius 1 is 0.706 bits per heavy atom. The largest absolute Gasteiger partial charge is 0.413 e. The maximum Gasteiger partial charge on any atom is 0.413 e. The Bertz CT molecular complexity index is 318. The molecule has 0 atom stereocenters. The van der Waals surface area contributed by atoms with Crippen molar-refractivity contribution in [2.45, 2.75) is 0 Å². The second kappa shape index (κ2) is 9.70. The summed E-state index contributed by atoms with van der Waals surface area (Å²) in [5, 5.41) is 0. The molecule has 2 N–H and O–H groups in total. The van der Waals surface area contributed by atoms with Crippen LogP contribution in [0.15, 0.2) is 0 Å². The van der Waals surface area contributed by atoms with Crippen molar-refractivity contribution in [3.05, 3.63) is 0 Å². The summed E-state index contributed by atoms with van der Waals surface area (Å²) in [5.41, 5.74) is 0. The summed E-state index contributed by atoms with van der Waals surface area (Å²) in [7, 11) is 1.76. The van der Waals surface area contributed by atoms with Crippen LogP contribution in [-0.4, -0.2) is 78.0 Å². The Morgan fingerprint density at radius 2 is 0.824 bits per heavy atom. The van der Waals surface area contributed by atoms with E-state index in [1.54, 1.807) is 0 Å². The van der Waals surface area contributed by atoms with E-state index in [1.165, 1.54) is 0 Å². The highest BCUT2D eigenvalue weighted by Crippen LogP contribution is 1.91. The fourth-order valence-electron chi connectivity index (χ4n) is 0.109. The van der Waals surface area contributed by atoms with Crippen LogP contribution in [0.1, 0.15) is 0 Å². The molecule has 0 aliphatic carbocycles. The Morgan fingerprint density at radius 3 is 0.824 bits per heavy atom. The molecule has 0 radical (unpaired) electrons. The summed E-state index contributed by atoms with van der Waals surface area (Å²) in [6.45, 7) is 0. The zero-order chi connectivity index (χ0) is 14.9. The van der Waals surface area contributed by atoms with Crippen molar-refractivity contribution in [2.24, 2.45) is 0 Å². The maximum absolute atomic E-state index is 9.44. The third-order valence-electron chi connectivity index (χ3n) is 0.172. The van der Waals surface area contributed by atoms with E-state index in [9.17, 15) is 16.8 Å². The average molecular weight is 296 g/mol. The van der Waals surface area contributed by atoms with E-state index in [4.69, 9.17) is 9.11 Å². The molecule has 108 valence electrons. The first-order valence-electron chi connectivity index (χ1n) is 4.05. The fourth-order valence-corrected chi connectivity index (χ4v) is 0.978. The minimum Gasteiger partial charge on any atom is -0.312 e. The second-order valence-electron chi connectivity index (χ2n) is 3.61. The van der Waals surface area contributed by atoms with Crippen molar-refractivity contribution in [1.82, 2.24) is 9.80 Å². The lowest BCUT2D eigenvalue weighted by Gasteiger charge is -1.90. The van der Waals surface area contributed by atoms with Gasteiger partial charge in [-0.15, -0.1) is 3.63 Å². The van der Waals surface area contributed by atoms with E-state index in [2.05, 4.69) is 3.63 Å². The molecule has 0 aromatic heterocycles. The molecule has 0 aromatic carbocycles. The van der Waals surface area contributed by atoms with Gasteiger partial charge in [0.1, 0.15) is 0 Å². The average Bonchev–Trinajstić information content (AvgIpc) is 1.70. The summed E-state index contributed by atoms with van der Waals surface area (Å²) in [6, 6.07) is 0. The summed E-state index contributed by atoms with van der Waals surface area (Å²) in [5.74, 6) is 0. The minimum atomic E-state index is -5.12. The summed E-state index contributed by atoms with van der Waals surface area (Å²) in [4.78, 5) is 4.00. The first kappa shape index (κ1) is 21.9. The second-order valence-corrected chi connectivity index (χ2v) is 5.86. The van der Waals surface area contributed by atoms with Crippen LogP contribution in [0.4, 0.5) is 0 Å². The molecule has 9 nitrogen and oxygen atoms in total. The summed E-state index contributed by atoms with van der Waals surface area (Å²) >= 11 is 0. The van der Waals surface area contributed by atoms with Gasteiger partial charge in [-0.3, -0.25) is 9.11 Å². The van der Waals surface area contributed by atoms with Gasteiger partial charge >= 0.3 is 20.8 Å². The first-order valence-corrected chi connectivity index (χ1v) is 6.78.